The van der Waals surface area contributed by atoms with Crippen LogP contribution in [0.2, 0.25) is 0 Å². The third-order valence-electron chi connectivity index (χ3n) is 4.35. The molecule has 1 aromatic heterocycles. The lowest BCUT2D eigenvalue weighted by molar-refractivity contribution is -0.144. The van der Waals surface area contributed by atoms with Crippen molar-refractivity contribution in [2.75, 3.05) is 6.54 Å². The summed E-state index contributed by atoms with van der Waals surface area (Å²) < 4.78 is 1.88. The van der Waals surface area contributed by atoms with Crippen molar-refractivity contribution in [3.63, 3.8) is 0 Å². The number of piperidine rings is 1. The maximum Gasteiger partial charge on any atom is 0.306 e. The first kappa shape index (κ1) is 16.0. The van der Waals surface area contributed by atoms with Gasteiger partial charge in [-0.25, -0.2) is 0 Å². The Kier molecular flexibility index (Phi) is 4.42. The molecule has 5 heteroatoms. The SMILES string of the molecule is CC1CC(C(=O)O)CCN1Cc1cn(C)nc1C(C)(C)C. The highest BCUT2D eigenvalue weighted by Crippen LogP contribution is 2.28. The number of aliphatic carboxylic acids is 1. The lowest BCUT2D eigenvalue weighted by Crippen LogP contribution is -2.42. The number of likely N-dealkylation sites (tertiary alicyclic amines) is 1. The molecule has 1 aliphatic heterocycles. The molecule has 2 unspecified atom stereocenters. The number of hydrogen-bond acceptors (Lipinski definition) is 3. The summed E-state index contributed by atoms with van der Waals surface area (Å²) in [6, 6.07) is 0.299. The molecule has 1 aliphatic rings. The first-order valence-electron chi connectivity index (χ1n) is 7.68. The largest absolute Gasteiger partial charge is 0.481 e. The number of nitrogens with zero attached hydrogens (tertiary/aromatic N) is 3. The molecule has 1 fully saturated rings. The Balaban J connectivity index is 2.11. The molecular formula is C16H27N3O2. The number of aromatic nitrogens is 2. The summed E-state index contributed by atoms with van der Waals surface area (Å²) in [5, 5.41) is 13.8. The van der Waals surface area contributed by atoms with E-state index in [9.17, 15) is 4.79 Å². The number of carbonyl (C=O) groups is 1. The first-order chi connectivity index (χ1) is 9.68. The second-order valence-corrected chi connectivity index (χ2v) is 7.31. The van der Waals surface area contributed by atoms with Gasteiger partial charge in [0.1, 0.15) is 0 Å². The maximum atomic E-state index is 11.1. The molecule has 21 heavy (non-hydrogen) atoms. The minimum atomic E-state index is -0.654. The zero-order valence-electron chi connectivity index (χ0n) is 13.8. The van der Waals surface area contributed by atoms with Gasteiger partial charge >= 0.3 is 5.97 Å². The molecule has 0 bridgehead atoms. The normalized spacial score (nSPS) is 24.2. The number of rotatable bonds is 3. The van der Waals surface area contributed by atoms with Gasteiger partial charge in [-0.2, -0.15) is 5.10 Å². The van der Waals surface area contributed by atoms with Crippen LogP contribution in [0, 0.1) is 5.92 Å². The molecule has 2 rings (SSSR count). The Bertz CT molecular complexity index is 516. The molecule has 0 radical (unpaired) electrons. The van der Waals surface area contributed by atoms with E-state index in [-0.39, 0.29) is 11.3 Å². The van der Waals surface area contributed by atoms with Crippen LogP contribution in [-0.4, -0.2) is 38.3 Å². The molecule has 5 nitrogen and oxygen atoms in total. The lowest BCUT2D eigenvalue weighted by atomic mass is 9.88. The standard InChI is InChI=1S/C16H27N3O2/c1-11-8-12(15(20)21)6-7-19(11)10-13-9-18(5)17-14(13)16(2,3)4/h9,11-12H,6-8,10H2,1-5H3,(H,20,21). The fraction of sp³-hybridized carbons (Fsp3) is 0.750. The molecule has 2 heterocycles. The quantitative estimate of drug-likeness (QED) is 0.929. The molecule has 0 aliphatic carbocycles. The Hall–Kier alpha value is -1.36. The molecule has 1 aromatic rings. The van der Waals surface area contributed by atoms with E-state index in [0.717, 1.165) is 31.6 Å². The fourth-order valence-electron chi connectivity index (χ4n) is 3.18. The highest BCUT2D eigenvalue weighted by atomic mass is 16.4. The fourth-order valence-corrected chi connectivity index (χ4v) is 3.18. The van der Waals surface area contributed by atoms with Gasteiger partial charge in [-0.1, -0.05) is 20.8 Å². The molecule has 118 valence electrons. The van der Waals surface area contributed by atoms with Gasteiger partial charge in [-0.05, 0) is 26.3 Å². The highest BCUT2D eigenvalue weighted by molar-refractivity contribution is 5.70. The summed E-state index contributed by atoms with van der Waals surface area (Å²) in [4.78, 5) is 13.5. The lowest BCUT2D eigenvalue weighted by Gasteiger charge is -2.36. The second kappa shape index (κ2) is 5.79. The van der Waals surface area contributed by atoms with Crippen LogP contribution in [0.4, 0.5) is 0 Å². The molecule has 0 amide bonds. The van der Waals surface area contributed by atoms with Crippen molar-refractivity contribution in [3.05, 3.63) is 17.5 Å². The average molecular weight is 293 g/mol. The van der Waals surface area contributed by atoms with Crippen LogP contribution in [-0.2, 0) is 23.8 Å². The predicted octanol–water partition coefficient (Wildman–Crippen LogP) is 2.40. The molecule has 0 saturated carbocycles. The molecule has 1 saturated heterocycles. The topological polar surface area (TPSA) is 58.4 Å². The summed E-state index contributed by atoms with van der Waals surface area (Å²) in [5.41, 5.74) is 2.42. The van der Waals surface area contributed by atoms with E-state index in [1.165, 1.54) is 5.56 Å². The van der Waals surface area contributed by atoms with E-state index in [2.05, 4.69) is 43.9 Å². The van der Waals surface area contributed by atoms with E-state index in [1.807, 2.05) is 11.7 Å². The smallest absolute Gasteiger partial charge is 0.306 e. The van der Waals surface area contributed by atoms with Crippen molar-refractivity contribution in [2.24, 2.45) is 13.0 Å². The van der Waals surface area contributed by atoms with E-state index >= 15 is 0 Å². The van der Waals surface area contributed by atoms with Crippen LogP contribution >= 0.6 is 0 Å². The van der Waals surface area contributed by atoms with Crippen molar-refractivity contribution >= 4 is 5.97 Å². The first-order valence-corrected chi connectivity index (χ1v) is 7.68. The summed E-state index contributed by atoms with van der Waals surface area (Å²) >= 11 is 0. The molecule has 2 atom stereocenters. The van der Waals surface area contributed by atoms with Gasteiger partial charge in [0.15, 0.2) is 0 Å². The van der Waals surface area contributed by atoms with Crippen LogP contribution in [0.15, 0.2) is 6.20 Å². The van der Waals surface area contributed by atoms with E-state index in [1.54, 1.807) is 0 Å². The van der Waals surface area contributed by atoms with E-state index in [4.69, 9.17) is 5.11 Å². The zero-order chi connectivity index (χ0) is 15.8. The van der Waals surface area contributed by atoms with E-state index < -0.39 is 5.97 Å². The van der Waals surface area contributed by atoms with Crippen molar-refractivity contribution in [2.45, 2.75) is 58.5 Å². The van der Waals surface area contributed by atoms with Crippen LogP contribution in [0.5, 0.6) is 0 Å². The summed E-state index contributed by atoms with van der Waals surface area (Å²) in [5.74, 6) is -0.842. The Labute approximate surface area is 126 Å². The van der Waals surface area contributed by atoms with Gasteiger partial charge in [0.2, 0.25) is 0 Å². The summed E-state index contributed by atoms with van der Waals surface area (Å²) in [6.07, 6.45) is 3.57. The molecular weight excluding hydrogens is 266 g/mol. The van der Waals surface area contributed by atoms with Gasteiger partial charge in [0, 0.05) is 36.8 Å². The van der Waals surface area contributed by atoms with Gasteiger partial charge in [-0.3, -0.25) is 14.4 Å². The van der Waals surface area contributed by atoms with Crippen molar-refractivity contribution in [1.29, 1.82) is 0 Å². The van der Waals surface area contributed by atoms with Crippen molar-refractivity contribution in [1.82, 2.24) is 14.7 Å². The van der Waals surface area contributed by atoms with Gasteiger partial charge in [-0.15, -0.1) is 0 Å². The zero-order valence-corrected chi connectivity index (χ0v) is 13.8. The van der Waals surface area contributed by atoms with Gasteiger partial charge < -0.3 is 5.11 Å². The average Bonchev–Trinajstić information content (AvgIpc) is 2.72. The maximum absolute atomic E-state index is 11.1. The van der Waals surface area contributed by atoms with Crippen LogP contribution in [0.1, 0.15) is 51.8 Å². The Morgan fingerprint density at radius 3 is 2.67 bits per heavy atom. The van der Waals surface area contributed by atoms with Crippen molar-refractivity contribution < 1.29 is 9.90 Å². The minimum Gasteiger partial charge on any atom is -0.481 e. The van der Waals surface area contributed by atoms with Crippen LogP contribution < -0.4 is 0 Å². The summed E-state index contributed by atoms with van der Waals surface area (Å²) in [7, 11) is 1.96. The van der Waals surface area contributed by atoms with E-state index in [0.29, 0.717) is 6.04 Å². The van der Waals surface area contributed by atoms with Crippen LogP contribution in [0.25, 0.3) is 0 Å². The van der Waals surface area contributed by atoms with Crippen molar-refractivity contribution in [3.8, 4) is 0 Å². The molecule has 0 aromatic carbocycles. The molecule has 1 N–H and O–H groups in total. The minimum absolute atomic E-state index is 0.0270. The number of carboxylic acid groups (broad SMARTS) is 1. The predicted molar refractivity (Wildman–Crippen MR) is 82.1 cm³/mol. The Morgan fingerprint density at radius 1 is 1.48 bits per heavy atom. The van der Waals surface area contributed by atoms with Gasteiger partial charge in [0.25, 0.3) is 0 Å². The Morgan fingerprint density at radius 2 is 2.14 bits per heavy atom. The second-order valence-electron chi connectivity index (χ2n) is 7.31. The number of hydrogen-bond donors (Lipinski definition) is 1. The third kappa shape index (κ3) is 3.64. The molecule has 0 spiro atoms. The highest BCUT2D eigenvalue weighted by Gasteiger charge is 2.31. The number of carboxylic acids is 1. The summed E-state index contributed by atoms with van der Waals surface area (Å²) in [6.45, 7) is 10.4. The monoisotopic (exact) mass is 293 g/mol. The van der Waals surface area contributed by atoms with Crippen LogP contribution in [0.3, 0.4) is 0 Å². The third-order valence-corrected chi connectivity index (χ3v) is 4.35. The van der Waals surface area contributed by atoms with Gasteiger partial charge in [0.05, 0.1) is 11.6 Å². The number of aryl methyl sites for hydroxylation is 1.